The van der Waals surface area contributed by atoms with E-state index >= 15 is 0 Å². The molecule has 1 saturated heterocycles. The zero-order valence-electron chi connectivity index (χ0n) is 18.4. The van der Waals surface area contributed by atoms with Gasteiger partial charge in [0.2, 0.25) is 15.9 Å². The molecule has 30 heavy (non-hydrogen) atoms. The van der Waals surface area contributed by atoms with E-state index in [2.05, 4.69) is 10.3 Å². The van der Waals surface area contributed by atoms with Gasteiger partial charge in [0, 0.05) is 25.2 Å². The van der Waals surface area contributed by atoms with Crippen LogP contribution in [0.3, 0.4) is 0 Å². The van der Waals surface area contributed by atoms with Crippen molar-refractivity contribution >= 4 is 38.7 Å². The van der Waals surface area contributed by atoms with Crippen LogP contribution in [0.5, 0.6) is 0 Å². The number of carbonyl (C=O) groups excluding carboxylic acids is 1. The standard InChI is InChI=1S/C21H32N4O3S2/c1-6-25-18-11-10-16(30(27,28)24-12-8-7-9-13-24)14-17(18)22-20(25)29-15(2)19(26)23-21(3,4)5/h10-11,14-15H,6-9,12-13H2,1-5H3,(H,23,26). The van der Waals surface area contributed by atoms with Crippen molar-refractivity contribution in [1.29, 1.82) is 0 Å². The number of nitrogens with zero attached hydrogens (tertiary/aromatic N) is 3. The Morgan fingerprint density at radius 2 is 1.90 bits per heavy atom. The summed E-state index contributed by atoms with van der Waals surface area (Å²) in [5.41, 5.74) is 1.22. The first-order valence-corrected chi connectivity index (χ1v) is 12.8. The third kappa shape index (κ3) is 5.00. The number of carbonyl (C=O) groups is 1. The summed E-state index contributed by atoms with van der Waals surface area (Å²) in [6.45, 7) is 11.6. The maximum Gasteiger partial charge on any atom is 0.243 e. The summed E-state index contributed by atoms with van der Waals surface area (Å²) in [5.74, 6) is -0.0458. The number of benzene rings is 1. The third-order valence-electron chi connectivity index (χ3n) is 5.10. The number of amides is 1. The largest absolute Gasteiger partial charge is 0.351 e. The number of hydrogen-bond donors (Lipinski definition) is 1. The van der Waals surface area contributed by atoms with Crippen LogP contribution in [0.15, 0.2) is 28.3 Å². The van der Waals surface area contributed by atoms with Crippen molar-refractivity contribution in [2.45, 2.75) is 81.3 Å². The van der Waals surface area contributed by atoms with Crippen molar-refractivity contribution in [3.8, 4) is 0 Å². The molecule has 0 radical (unpaired) electrons. The Morgan fingerprint density at radius 3 is 2.50 bits per heavy atom. The molecule has 0 saturated carbocycles. The van der Waals surface area contributed by atoms with E-state index in [1.807, 2.05) is 45.3 Å². The van der Waals surface area contributed by atoms with Gasteiger partial charge in [-0.05, 0) is 65.7 Å². The highest BCUT2D eigenvalue weighted by atomic mass is 32.2. The zero-order valence-corrected chi connectivity index (χ0v) is 20.1. The Kier molecular flexibility index (Phi) is 6.84. The molecule has 1 aliphatic rings. The Balaban J connectivity index is 1.89. The number of nitrogens with one attached hydrogen (secondary N) is 1. The molecule has 0 aliphatic carbocycles. The molecule has 9 heteroatoms. The van der Waals surface area contributed by atoms with Gasteiger partial charge in [-0.1, -0.05) is 18.2 Å². The molecule has 0 bridgehead atoms. The van der Waals surface area contributed by atoms with E-state index in [9.17, 15) is 13.2 Å². The number of hydrogen-bond acceptors (Lipinski definition) is 5. The summed E-state index contributed by atoms with van der Waals surface area (Å²) in [7, 11) is -3.51. The molecule has 2 heterocycles. The third-order valence-corrected chi connectivity index (χ3v) is 8.09. The summed E-state index contributed by atoms with van der Waals surface area (Å²) in [5, 5.41) is 3.40. The van der Waals surface area contributed by atoms with Gasteiger partial charge in [0.1, 0.15) is 0 Å². The van der Waals surface area contributed by atoms with Crippen molar-refractivity contribution in [2.24, 2.45) is 0 Å². The molecule has 1 aromatic carbocycles. The molecule has 166 valence electrons. The number of piperidine rings is 1. The first kappa shape index (κ1) is 23.1. The lowest BCUT2D eigenvalue weighted by atomic mass is 10.1. The minimum atomic E-state index is -3.51. The van der Waals surface area contributed by atoms with Crippen molar-refractivity contribution in [3.63, 3.8) is 0 Å². The highest BCUT2D eigenvalue weighted by Crippen LogP contribution is 2.30. The fourth-order valence-electron chi connectivity index (χ4n) is 3.58. The number of imidazole rings is 1. The summed E-state index contributed by atoms with van der Waals surface area (Å²) in [6.07, 6.45) is 2.88. The Labute approximate surface area is 183 Å². The van der Waals surface area contributed by atoms with E-state index < -0.39 is 10.0 Å². The van der Waals surface area contributed by atoms with E-state index in [4.69, 9.17) is 0 Å². The van der Waals surface area contributed by atoms with Crippen molar-refractivity contribution in [2.75, 3.05) is 13.1 Å². The topological polar surface area (TPSA) is 84.3 Å². The lowest BCUT2D eigenvalue weighted by Crippen LogP contribution is -2.44. The second-order valence-corrected chi connectivity index (χ2v) is 12.0. The molecule has 3 rings (SSSR count). The molecular weight excluding hydrogens is 420 g/mol. The van der Waals surface area contributed by atoms with Gasteiger partial charge in [-0.2, -0.15) is 4.31 Å². The number of fused-ring (bicyclic) bond motifs is 1. The van der Waals surface area contributed by atoms with Gasteiger partial charge in [0.15, 0.2) is 5.16 Å². The highest BCUT2D eigenvalue weighted by Gasteiger charge is 2.27. The summed E-state index contributed by atoms with van der Waals surface area (Å²) >= 11 is 1.39. The van der Waals surface area contributed by atoms with E-state index in [0.29, 0.717) is 25.2 Å². The van der Waals surface area contributed by atoms with E-state index in [0.717, 1.165) is 29.9 Å². The smallest absolute Gasteiger partial charge is 0.243 e. The van der Waals surface area contributed by atoms with Crippen LogP contribution >= 0.6 is 11.8 Å². The second-order valence-electron chi connectivity index (χ2n) is 8.75. The van der Waals surface area contributed by atoms with E-state index in [1.54, 1.807) is 16.4 Å². The van der Waals surface area contributed by atoms with Crippen LogP contribution in [0, 0.1) is 0 Å². The average Bonchev–Trinajstić information content (AvgIpc) is 3.03. The predicted molar refractivity (Wildman–Crippen MR) is 121 cm³/mol. The Morgan fingerprint density at radius 1 is 1.23 bits per heavy atom. The van der Waals surface area contributed by atoms with Gasteiger partial charge < -0.3 is 9.88 Å². The molecular formula is C21H32N4O3S2. The van der Waals surface area contributed by atoms with Crippen molar-refractivity contribution in [1.82, 2.24) is 19.2 Å². The lowest BCUT2D eigenvalue weighted by Gasteiger charge is -2.25. The number of rotatable bonds is 6. The van der Waals surface area contributed by atoms with Crippen molar-refractivity contribution in [3.05, 3.63) is 18.2 Å². The van der Waals surface area contributed by atoms with Gasteiger partial charge in [-0.15, -0.1) is 0 Å². The lowest BCUT2D eigenvalue weighted by molar-refractivity contribution is -0.121. The van der Waals surface area contributed by atoms with Crippen LogP contribution in [0.4, 0.5) is 0 Å². The summed E-state index contributed by atoms with van der Waals surface area (Å²) in [4.78, 5) is 17.5. The summed E-state index contributed by atoms with van der Waals surface area (Å²) < 4.78 is 29.6. The molecule has 1 unspecified atom stereocenters. The number of thioether (sulfide) groups is 1. The fraction of sp³-hybridized carbons (Fsp3) is 0.619. The van der Waals surface area contributed by atoms with Gasteiger partial charge >= 0.3 is 0 Å². The Bertz CT molecular complexity index is 1020. The molecule has 0 spiro atoms. The quantitative estimate of drug-likeness (QED) is 0.677. The number of aromatic nitrogens is 2. The van der Waals surface area contributed by atoms with Crippen LogP contribution in [0.25, 0.3) is 11.0 Å². The van der Waals surface area contributed by atoms with Crippen LogP contribution in [0.1, 0.15) is 53.9 Å². The van der Waals surface area contributed by atoms with E-state index in [-0.39, 0.29) is 21.6 Å². The van der Waals surface area contributed by atoms with Gasteiger partial charge in [0.25, 0.3) is 0 Å². The van der Waals surface area contributed by atoms with Crippen LogP contribution in [-0.2, 0) is 21.4 Å². The number of sulfonamides is 1. The van der Waals surface area contributed by atoms with Crippen LogP contribution < -0.4 is 5.32 Å². The van der Waals surface area contributed by atoms with Gasteiger partial charge in [-0.25, -0.2) is 13.4 Å². The van der Waals surface area contributed by atoms with Crippen LogP contribution in [0.2, 0.25) is 0 Å². The van der Waals surface area contributed by atoms with Gasteiger partial charge in [0.05, 0.1) is 21.2 Å². The molecule has 1 amide bonds. The first-order valence-electron chi connectivity index (χ1n) is 10.5. The molecule has 1 aromatic heterocycles. The monoisotopic (exact) mass is 452 g/mol. The Hall–Kier alpha value is -1.58. The molecule has 1 atom stereocenters. The minimum absolute atomic E-state index is 0.0458. The molecule has 7 nitrogen and oxygen atoms in total. The van der Waals surface area contributed by atoms with E-state index in [1.165, 1.54) is 11.8 Å². The number of aryl methyl sites for hydroxylation is 1. The average molecular weight is 453 g/mol. The SMILES string of the molecule is CCn1c(SC(C)C(=O)NC(C)(C)C)nc2cc(S(=O)(=O)N3CCCCC3)ccc21. The molecule has 1 aliphatic heterocycles. The first-order chi connectivity index (χ1) is 14.0. The normalized spacial score (nSPS) is 17.2. The molecule has 1 fully saturated rings. The zero-order chi connectivity index (χ0) is 22.1. The summed E-state index contributed by atoms with van der Waals surface area (Å²) in [6, 6.07) is 5.16. The molecule has 1 N–H and O–H groups in total. The maximum absolute atomic E-state index is 13.0. The van der Waals surface area contributed by atoms with Crippen LogP contribution in [-0.4, -0.2) is 52.1 Å². The minimum Gasteiger partial charge on any atom is -0.351 e. The molecule has 2 aromatic rings. The predicted octanol–water partition coefficient (Wildman–Crippen LogP) is 3.63. The van der Waals surface area contributed by atoms with Gasteiger partial charge in [-0.3, -0.25) is 4.79 Å². The van der Waals surface area contributed by atoms with Crippen molar-refractivity contribution < 1.29 is 13.2 Å². The second kappa shape index (κ2) is 8.88. The fourth-order valence-corrected chi connectivity index (χ4v) is 6.11. The maximum atomic E-state index is 13.0. The highest BCUT2D eigenvalue weighted by molar-refractivity contribution is 8.00.